The first-order valence-corrected chi connectivity index (χ1v) is 8.57. The van der Waals surface area contributed by atoms with Gasteiger partial charge in [-0.15, -0.1) is 0 Å². The van der Waals surface area contributed by atoms with Crippen molar-refractivity contribution in [3.63, 3.8) is 0 Å². The zero-order chi connectivity index (χ0) is 4.00. The fraction of sp³-hybridized carbons (Fsp3) is 0. The molecular formula is I2LiSc. The van der Waals surface area contributed by atoms with Crippen molar-refractivity contribution in [1.29, 1.82) is 0 Å². The van der Waals surface area contributed by atoms with Crippen LogP contribution in [0.1, 0.15) is 0 Å². The van der Waals surface area contributed by atoms with Gasteiger partial charge in [0.05, 0.1) is 0 Å². The molecule has 0 aliphatic carbocycles. The van der Waals surface area contributed by atoms with Gasteiger partial charge < -0.3 is 0 Å². The van der Waals surface area contributed by atoms with Crippen molar-refractivity contribution in [2.45, 2.75) is 0 Å². The second-order valence-electron chi connectivity index (χ2n) is 0. The van der Waals surface area contributed by atoms with E-state index in [4.69, 9.17) is 0 Å². The summed E-state index contributed by atoms with van der Waals surface area (Å²) in [5.74, 6) is 0. The summed E-state index contributed by atoms with van der Waals surface area (Å²) in [6.45, 7) is 0. The molecule has 0 radical (unpaired) electrons. The van der Waals surface area contributed by atoms with Crippen molar-refractivity contribution in [3.8, 4) is 0 Å². The third kappa shape index (κ3) is 8.87. The SMILES string of the molecule is [Li][I].[Sc][I]. The molecule has 0 saturated carbocycles. The first kappa shape index (κ1) is 10.0. The van der Waals surface area contributed by atoms with Gasteiger partial charge in [0, 0.05) is 0 Å². The van der Waals surface area contributed by atoms with E-state index in [2.05, 4.69) is 38.0 Å². The Kier molecular flexibility index (Phi) is 42.1. The van der Waals surface area contributed by atoms with Crippen LogP contribution in [0.5, 0.6) is 0 Å². The van der Waals surface area contributed by atoms with E-state index in [0.717, 1.165) is 0 Å². The van der Waals surface area contributed by atoms with Crippen LogP contribution in [-0.4, -0.2) is 14.3 Å². The van der Waals surface area contributed by atoms with Gasteiger partial charge in [0.2, 0.25) is 0 Å². The van der Waals surface area contributed by atoms with Crippen LogP contribution in [0.25, 0.3) is 0 Å². The maximum absolute atomic E-state index is 2.21. The third-order valence-electron chi connectivity index (χ3n) is 0. The summed E-state index contributed by atoms with van der Waals surface area (Å²) in [7, 11) is 0. The first-order valence-electron chi connectivity index (χ1n) is 0.596. The molecule has 0 nitrogen and oxygen atoms in total. The zero-order valence-corrected chi connectivity index (χ0v) is 8.45. The fourth-order valence-corrected chi connectivity index (χ4v) is 0. The van der Waals surface area contributed by atoms with Gasteiger partial charge in [-0.1, -0.05) is 0 Å². The van der Waals surface area contributed by atoms with Crippen molar-refractivity contribution in [3.05, 3.63) is 0 Å². The standard InChI is InChI=1S/2HI.Li.Sc/h2*1H;;/q;;2*+1/p-2. The molecule has 0 aromatic carbocycles. The molecule has 0 bridgehead atoms. The molecule has 0 amide bonds. The molecule has 0 N–H and O–H groups in total. The average molecular weight is 306 g/mol. The van der Waals surface area contributed by atoms with Gasteiger partial charge in [0.1, 0.15) is 0 Å². The molecule has 0 aromatic heterocycles. The molecule has 0 aromatic rings. The van der Waals surface area contributed by atoms with Crippen LogP contribution < -0.4 is 0 Å². The van der Waals surface area contributed by atoms with E-state index in [9.17, 15) is 0 Å². The molecule has 0 aliphatic heterocycles. The molecule has 0 fully saturated rings. The minimum atomic E-state index is 1.66. The molecular weight excluding hydrogens is 306 g/mol. The van der Waals surface area contributed by atoms with E-state index in [0.29, 0.717) is 0 Å². The Morgan fingerprint density at radius 1 is 1.25 bits per heavy atom. The number of halogens is 2. The monoisotopic (exact) mass is 306 g/mol. The van der Waals surface area contributed by atoms with E-state index in [-0.39, 0.29) is 0 Å². The van der Waals surface area contributed by atoms with Gasteiger partial charge in [-0.05, 0) is 0 Å². The number of hydrogen-bond acceptors (Lipinski definition) is 0. The summed E-state index contributed by atoms with van der Waals surface area (Å²) in [6.07, 6.45) is 0. The van der Waals surface area contributed by atoms with Crippen LogP contribution in [0, 0.1) is 0 Å². The molecule has 18 valence electrons. The summed E-state index contributed by atoms with van der Waals surface area (Å²) in [5, 5.41) is 0. The summed E-state index contributed by atoms with van der Waals surface area (Å²) >= 11 is 7.99. The molecule has 0 saturated heterocycles. The van der Waals surface area contributed by atoms with E-state index in [1.54, 1.807) is 20.2 Å². The average Bonchev–Trinajstić information content (AvgIpc) is 1.50. The van der Waals surface area contributed by atoms with Crippen LogP contribution in [0.4, 0.5) is 0 Å². The maximum atomic E-state index is 2.21. The Morgan fingerprint density at radius 3 is 1.25 bits per heavy atom. The van der Waals surface area contributed by atoms with Gasteiger partial charge in [0.25, 0.3) is 0 Å². The van der Waals surface area contributed by atoms with Crippen molar-refractivity contribution < 1.29 is 20.2 Å². The van der Waals surface area contributed by atoms with Gasteiger partial charge in [0.15, 0.2) is 0 Å². The molecule has 0 spiro atoms. The number of rotatable bonds is 0. The second kappa shape index (κ2) is 16.8. The van der Waals surface area contributed by atoms with Gasteiger partial charge in [-0.3, -0.25) is 0 Å². The molecule has 0 rings (SSSR count). The summed E-state index contributed by atoms with van der Waals surface area (Å²) in [5.41, 5.74) is 0. The normalized spacial score (nSPS) is 2.75. The molecule has 4 heteroatoms. The predicted octanol–water partition coefficient (Wildman–Crippen LogP) is 1.39. The molecule has 0 heterocycles. The van der Waals surface area contributed by atoms with E-state index < -0.39 is 0 Å². The van der Waals surface area contributed by atoms with Crippen molar-refractivity contribution in [1.82, 2.24) is 0 Å². The summed E-state index contributed by atoms with van der Waals surface area (Å²) < 4.78 is 0. The van der Waals surface area contributed by atoms with E-state index in [1.807, 2.05) is 14.3 Å². The topological polar surface area (TPSA) is 0 Å². The Labute approximate surface area is 70.7 Å². The fourth-order valence-electron chi connectivity index (χ4n) is 0. The van der Waals surface area contributed by atoms with Crippen LogP contribution in [0.15, 0.2) is 0 Å². The summed E-state index contributed by atoms with van der Waals surface area (Å²) in [4.78, 5) is 0. The molecule has 4 heavy (non-hydrogen) atoms. The van der Waals surface area contributed by atoms with Crippen molar-refractivity contribution in [2.75, 3.05) is 0 Å². The third-order valence-corrected chi connectivity index (χ3v) is 0. The summed E-state index contributed by atoms with van der Waals surface area (Å²) in [6, 6.07) is 0. The van der Waals surface area contributed by atoms with Crippen molar-refractivity contribution in [2.24, 2.45) is 0 Å². The Balaban J connectivity index is 0. The van der Waals surface area contributed by atoms with Crippen LogP contribution in [-0.2, 0) is 20.2 Å². The Morgan fingerprint density at radius 2 is 1.25 bits per heavy atom. The molecule has 0 atom stereocenters. The predicted molar refractivity (Wildman–Crippen MR) is 33.8 cm³/mol. The minimum absolute atomic E-state index is 1.66. The first-order chi connectivity index (χ1) is 2.00. The molecule has 0 aliphatic rings. The van der Waals surface area contributed by atoms with E-state index >= 15 is 0 Å². The Bertz CT molecular complexity index is 6.00. The van der Waals surface area contributed by atoms with Crippen LogP contribution in [0.3, 0.4) is 0 Å². The van der Waals surface area contributed by atoms with Gasteiger partial charge in [-0.2, -0.15) is 0 Å². The van der Waals surface area contributed by atoms with Gasteiger partial charge >= 0.3 is 72.5 Å². The van der Waals surface area contributed by atoms with Crippen molar-refractivity contribution >= 4 is 52.3 Å². The Hall–Kier alpha value is 2.93. The van der Waals surface area contributed by atoms with Crippen LogP contribution in [0.2, 0.25) is 0 Å². The van der Waals surface area contributed by atoms with E-state index in [1.165, 1.54) is 0 Å². The molecule has 0 unspecified atom stereocenters. The number of hydrogen-bond donors (Lipinski definition) is 0. The zero-order valence-electron chi connectivity index (χ0n) is 2.33. The second-order valence-corrected chi connectivity index (χ2v) is 0. The van der Waals surface area contributed by atoms with Crippen LogP contribution >= 0.6 is 38.0 Å². The van der Waals surface area contributed by atoms with Gasteiger partial charge in [-0.25, -0.2) is 0 Å². The quantitative estimate of drug-likeness (QED) is 0.469.